The summed E-state index contributed by atoms with van der Waals surface area (Å²) in [7, 11) is 0. The molecule has 3 aromatic carbocycles. The first-order valence-electron chi connectivity index (χ1n) is 11.8. The number of nitrogens with zero attached hydrogens (tertiary/aromatic N) is 2. The number of benzene rings is 3. The third kappa shape index (κ3) is 3.54. The van der Waals surface area contributed by atoms with E-state index in [2.05, 4.69) is 122 Å². The van der Waals surface area contributed by atoms with Crippen molar-refractivity contribution in [3.05, 3.63) is 96.3 Å². The minimum absolute atomic E-state index is 0.0431. The Bertz CT molecular complexity index is 1390. The predicted molar refractivity (Wildman–Crippen MR) is 137 cm³/mol. The molecule has 0 bridgehead atoms. The Hall–Kier alpha value is -3.26. The SMILES string of the molecule is CCCCc1cc2ccccc2n1-c1cccc(-n2c(C(C)(C)C)cc3ccccc32)c1. The number of rotatable bonds is 5. The van der Waals surface area contributed by atoms with Crippen LogP contribution in [0.1, 0.15) is 51.9 Å². The van der Waals surface area contributed by atoms with Crippen LogP contribution >= 0.6 is 0 Å². The molecule has 2 nitrogen and oxygen atoms in total. The summed E-state index contributed by atoms with van der Waals surface area (Å²) in [5, 5.41) is 2.60. The summed E-state index contributed by atoms with van der Waals surface area (Å²) in [5.41, 5.74) is 7.75. The van der Waals surface area contributed by atoms with E-state index in [0.717, 1.165) is 6.42 Å². The Labute approximate surface area is 191 Å². The van der Waals surface area contributed by atoms with E-state index >= 15 is 0 Å². The molecular formula is C30H32N2. The first-order chi connectivity index (χ1) is 15.5. The van der Waals surface area contributed by atoms with Crippen LogP contribution in [0.15, 0.2) is 84.9 Å². The van der Waals surface area contributed by atoms with Gasteiger partial charge in [-0.05, 0) is 55.3 Å². The molecule has 32 heavy (non-hydrogen) atoms. The average Bonchev–Trinajstić information content (AvgIpc) is 3.36. The molecule has 0 N–H and O–H groups in total. The first kappa shape index (κ1) is 20.6. The van der Waals surface area contributed by atoms with Crippen LogP contribution in [0.4, 0.5) is 0 Å². The second-order valence-corrected chi connectivity index (χ2v) is 9.83. The minimum Gasteiger partial charge on any atom is -0.314 e. The maximum Gasteiger partial charge on any atom is 0.0531 e. The Morgan fingerprint density at radius 1 is 0.656 bits per heavy atom. The van der Waals surface area contributed by atoms with Crippen molar-refractivity contribution in [2.24, 2.45) is 0 Å². The van der Waals surface area contributed by atoms with Gasteiger partial charge in [-0.15, -0.1) is 0 Å². The fourth-order valence-electron chi connectivity index (χ4n) is 4.81. The van der Waals surface area contributed by atoms with Gasteiger partial charge in [-0.25, -0.2) is 0 Å². The van der Waals surface area contributed by atoms with Gasteiger partial charge in [-0.1, -0.05) is 76.6 Å². The Balaban J connectivity index is 1.73. The topological polar surface area (TPSA) is 9.86 Å². The normalized spacial score (nSPS) is 12.1. The highest BCUT2D eigenvalue weighted by Gasteiger charge is 2.22. The van der Waals surface area contributed by atoms with Crippen molar-refractivity contribution >= 4 is 21.8 Å². The number of aryl methyl sites for hydroxylation is 1. The molecule has 2 aromatic heterocycles. The molecule has 5 rings (SSSR count). The van der Waals surface area contributed by atoms with E-state index in [-0.39, 0.29) is 5.41 Å². The van der Waals surface area contributed by atoms with Crippen LogP contribution < -0.4 is 0 Å². The summed E-state index contributed by atoms with van der Waals surface area (Å²) in [6, 6.07) is 31.2. The van der Waals surface area contributed by atoms with Gasteiger partial charge in [0.15, 0.2) is 0 Å². The van der Waals surface area contributed by atoms with Crippen LogP contribution in [-0.2, 0) is 11.8 Å². The monoisotopic (exact) mass is 420 g/mol. The zero-order valence-corrected chi connectivity index (χ0v) is 19.6. The number of aromatic nitrogens is 2. The molecule has 2 heterocycles. The van der Waals surface area contributed by atoms with E-state index in [0.29, 0.717) is 0 Å². The fraction of sp³-hybridized carbons (Fsp3) is 0.267. The van der Waals surface area contributed by atoms with Gasteiger partial charge in [0.1, 0.15) is 0 Å². The lowest BCUT2D eigenvalue weighted by molar-refractivity contribution is 0.559. The van der Waals surface area contributed by atoms with Gasteiger partial charge < -0.3 is 9.13 Å². The standard InChI is InChI=1S/C30H32N2/c1-5-6-14-24-19-22-12-7-9-17-27(22)31(24)25-15-11-16-26(21-25)32-28-18-10-8-13-23(28)20-29(32)30(2,3)4/h7-13,15-21H,5-6,14H2,1-4H3. The summed E-state index contributed by atoms with van der Waals surface area (Å²) < 4.78 is 4.90. The van der Waals surface area contributed by atoms with Crippen molar-refractivity contribution in [3.63, 3.8) is 0 Å². The van der Waals surface area contributed by atoms with Gasteiger partial charge in [-0.3, -0.25) is 0 Å². The molecule has 0 fully saturated rings. The molecule has 0 unspecified atom stereocenters. The van der Waals surface area contributed by atoms with Gasteiger partial charge in [0.25, 0.3) is 0 Å². The van der Waals surface area contributed by atoms with E-state index in [1.54, 1.807) is 0 Å². The molecular weight excluding hydrogens is 388 g/mol. The van der Waals surface area contributed by atoms with E-state index < -0.39 is 0 Å². The summed E-state index contributed by atoms with van der Waals surface area (Å²) in [6.45, 7) is 9.15. The Morgan fingerprint density at radius 2 is 1.25 bits per heavy atom. The molecule has 0 aliphatic heterocycles. The molecule has 0 radical (unpaired) electrons. The maximum absolute atomic E-state index is 2.46. The third-order valence-electron chi connectivity index (χ3n) is 6.40. The van der Waals surface area contributed by atoms with Crippen LogP contribution in [0, 0.1) is 0 Å². The Kier molecular flexibility index (Phi) is 5.17. The minimum atomic E-state index is 0.0431. The molecule has 162 valence electrons. The molecule has 0 saturated heterocycles. The van der Waals surface area contributed by atoms with E-state index in [4.69, 9.17) is 0 Å². The van der Waals surface area contributed by atoms with Gasteiger partial charge in [0.05, 0.1) is 11.0 Å². The molecule has 0 amide bonds. The molecule has 0 aliphatic rings. The van der Waals surface area contributed by atoms with Crippen LogP contribution in [0.3, 0.4) is 0 Å². The lowest BCUT2D eigenvalue weighted by Gasteiger charge is -2.23. The maximum atomic E-state index is 2.46. The number of fused-ring (bicyclic) bond motifs is 2. The number of unbranched alkanes of at least 4 members (excludes halogenated alkanes) is 1. The van der Waals surface area contributed by atoms with Gasteiger partial charge in [0.2, 0.25) is 0 Å². The number of hydrogen-bond acceptors (Lipinski definition) is 0. The highest BCUT2D eigenvalue weighted by molar-refractivity contribution is 5.85. The summed E-state index contributed by atoms with van der Waals surface area (Å²) in [5.74, 6) is 0. The molecule has 0 spiro atoms. The van der Waals surface area contributed by atoms with Gasteiger partial charge in [-0.2, -0.15) is 0 Å². The summed E-state index contributed by atoms with van der Waals surface area (Å²) >= 11 is 0. The van der Waals surface area contributed by atoms with Gasteiger partial charge >= 0.3 is 0 Å². The first-order valence-corrected chi connectivity index (χ1v) is 11.8. The highest BCUT2D eigenvalue weighted by Crippen LogP contribution is 2.34. The van der Waals surface area contributed by atoms with Crippen molar-refractivity contribution in [3.8, 4) is 11.4 Å². The van der Waals surface area contributed by atoms with E-state index in [1.807, 2.05) is 0 Å². The highest BCUT2D eigenvalue weighted by atomic mass is 15.0. The van der Waals surface area contributed by atoms with Crippen LogP contribution in [0.5, 0.6) is 0 Å². The molecule has 5 aromatic rings. The van der Waals surface area contributed by atoms with Gasteiger partial charge in [0, 0.05) is 39.0 Å². The molecule has 2 heteroatoms. The van der Waals surface area contributed by atoms with Crippen molar-refractivity contribution in [1.82, 2.24) is 9.13 Å². The quantitative estimate of drug-likeness (QED) is 0.271. The van der Waals surface area contributed by atoms with Crippen molar-refractivity contribution in [1.29, 1.82) is 0 Å². The van der Waals surface area contributed by atoms with Crippen molar-refractivity contribution in [2.75, 3.05) is 0 Å². The summed E-state index contributed by atoms with van der Waals surface area (Å²) in [4.78, 5) is 0. The van der Waals surface area contributed by atoms with Crippen LogP contribution in [0.2, 0.25) is 0 Å². The number of hydrogen-bond donors (Lipinski definition) is 0. The zero-order chi connectivity index (χ0) is 22.3. The lowest BCUT2D eigenvalue weighted by Crippen LogP contribution is -2.16. The van der Waals surface area contributed by atoms with Crippen molar-refractivity contribution < 1.29 is 0 Å². The molecule has 0 aliphatic carbocycles. The third-order valence-corrected chi connectivity index (χ3v) is 6.40. The number of para-hydroxylation sites is 2. The van der Waals surface area contributed by atoms with E-state index in [1.165, 1.54) is 57.4 Å². The lowest BCUT2D eigenvalue weighted by atomic mass is 9.92. The molecule has 0 saturated carbocycles. The average molecular weight is 421 g/mol. The van der Waals surface area contributed by atoms with Crippen LogP contribution in [0.25, 0.3) is 33.2 Å². The van der Waals surface area contributed by atoms with Crippen LogP contribution in [-0.4, -0.2) is 9.13 Å². The second kappa shape index (κ2) is 8.02. The zero-order valence-electron chi connectivity index (χ0n) is 19.6. The summed E-state index contributed by atoms with van der Waals surface area (Å²) in [6.07, 6.45) is 3.49. The largest absolute Gasteiger partial charge is 0.314 e. The van der Waals surface area contributed by atoms with Crippen molar-refractivity contribution in [2.45, 2.75) is 52.4 Å². The smallest absolute Gasteiger partial charge is 0.0531 e. The predicted octanol–water partition coefficient (Wildman–Crippen LogP) is 8.21. The Morgan fingerprint density at radius 3 is 1.91 bits per heavy atom. The molecule has 0 atom stereocenters. The van der Waals surface area contributed by atoms with E-state index in [9.17, 15) is 0 Å². The second-order valence-electron chi connectivity index (χ2n) is 9.83. The fourth-order valence-corrected chi connectivity index (χ4v) is 4.81.